The molecule has 0 spiro atoms. The molecule has 0 unspecified atom stereocenters. The zero-order valence-electron chi connectivity index (χ0n) is 18.4. The standard InChI is InChI=1S/C24H33ClN4O2/c1-18-22(27-24(31-18)20-5-7-21(25)8-6-20)17-29-15-9-19(10-16-29)23(30)26-11-4-14-28-12-2-3-13-28/h5-8,19H,2-4,9-17H2,1H3,(H,26,30). The van der Waals surface area contributed by atoms with Crippen LogP contribution in [0.5, 0.6) is 0 Å². The Bertz CT molecular complexity index is 853. The average Bonchev–Trinajstić information content (AvgIpc) is 3.42. The van der Waals surface area contributed by atoms with Gasteiger partial charge in [0.15, 0.2) is 0 Å². The van der Waals surface area contributed by atoms with E-state index in [4.69, 9.17) is 21.0 Å². The Kier molecular flexibility index (Phi) is 7.64. The topological polar surface area (TPSA) is 61.6 Å². The maximum Gasteiger partial charge on any atom is 0.226 e. The Morgan fingerprint density at radius 2 is 1.84 bits per heavy atom. The van der Waals surface area contributed by atoms with Crippen molar-refractivity contribution >= 4 is 17.5 Å². The molecule has 1 amide bonds. The van der Waals surface area contributed by atoms with Crippen molar-refractivity contribution < 1.29 is 9.21 Å². The lowest BCUT2D eigenvalue weighted by molar-refractivity contribution is -0.126. The zero-order valence-corrected chi connectivity index (χ0v) is 19.2. The van der Waals surface area contributed by atoms with Gasteiger partial charge in [-0.3, -0.25) is 9.69 Å². The fourth-order valence-corrected chi connectivity index (χ4v) is 4.65. The van der Waals surface area contributed by atoms with Gasteiger partial charge < -0.3 is 14.6 Å². The molecule has 0 bridgehead atoms. The normalized spacial score (nSPS) is 18.5. The minimum Gasteiger partial charge on any atom is -0.441 e. The first-order chi connectivity index (χ1) is 15.1. The molecule has 2 aliphatic heterocycles. The molecule has 7 heteroatoms. The number of amides is 1. The number of carbonyl (C=O) groups excluding carboxylic acids is 1. The number of hydrogen-bond donors (Lipinski definition) is 1. The molecule has 1 N–H and O–H groups in total. The lowest BCUT2D eigenvalue weighted by atomic mass is 9.95. The number of carbonyl (C=O) groups is 1. The highest BCUT2D eigenvalue weighted by atomic mass is 35.5. The monoisotopic (exact) mass is 444 g/mol. The second-order valence-electron chi connectivity index (χ2n) is 8.77. The Morgan fingerprint density at radius 3 is 2.55 bits per heavy atom. The number of likely N-dealkylation sites (tertiary alicyclic amines) is 2. The van der Waals surface area contributed by atoms with Gasteiger partial charge in [-0.1, -0.05) is 11.6 Å². The van der Waals surface area contributed by atoms with Crippen LogP contribution in [0.15, 0.2) is 28.7 Å². The predicted molar refractivity (Wildman–Crippen MR) is 123 cm³/mol. The number of oxazole rings is 1. The Labute approximate surface area is 189 Å². The summed E-state index contributed by atoms with van der Waals surface area (Å²) in [6.07, 6.45) is 5.49. The van der Waals surface area contributed by atoms with Gasteiger partial charge in [0.1, 0.15) is 5.76 Å². The van der Waals surface area contributed by atoms with Gasteiger partial charge >= 0.3 is 0 Å². The number of nitrogens with one attached hydrogen (secondary N) is 1. The average molecular weight is 445 g/mol. The van der Waals surface area contributed by atoms with Crippen LogP contribution in [-0.4, -0.2) is 60.0 Å². The number of aromatic nitrogens is 1. The van der Waals surface area contributed by atoms with Crippen LogP contribution in [-0.2, 0) is 11.3 Å². The summed E-state index contributed by atoms with van der Waals surface area (Å²) in [7, 11) is 0. The molecule has 1 aromatic carbocycles. The van der Waals surface area contributed by atoms with Crippen molar-refractivity contribution in [3.8, 4) is 11.5 Å². The van der Waals surface area contributed by atoms with Crippen molar-refractivity contribution in [1.82, 2.24) is 20.1 Å². The third kappa shape index (κ3) is 6.09. The van der Waals surface area contributed by atoms with E-state index in [1.165, 1.54) is 25.9 Å². The van der Waals surface area contributed by atoms with Gasteiger partial charge in [0, 0.05) is 29.6 Å². The van der Waals surface area contributed by atoms with Crippen LogP contribution in [0, 0.1) is 12.8 Å². The van der Waals surface area contributed by atoms with Gasteiger partial charge in [-0.15, -0.1) is 0 Å². The number of rotatable bonds is 8. The van der Waals surface area contributed by atoms with Crippen molar-refractivity contribution in [2.75, 3.05) is 39.3 Å². The van der Waals surface area contributed by atoms with E-state index >= 15 is 0 Å². The summed E-state index contributed by atoms with van der Waals surface area (Å²) in [5.41, 5.74) is 1.90. The molecule has 0 atom stereocenters. The van der Waals surface area contributed by atoms with E-state index in [0.717, 1.165) is 69.0 Å². The van der Waals surface area contributed by atoms with Gasteiger partial charge in [-0.05, 0) is 96.0 Å². The number of aryl methyl sites for hydroxylation is 1. The number of nitrogens with zero attached hydrogens (tertiary/aromatic N) is 3. The first-order valence-corrected chi connectivity index (χ1v) is 11.9. The quantitative estimate of drug-likeness (QED) is 0.620. The van der Waals surface area contributed by atoms with Crippen LogP contribution in [0.3, 0.4) is 0 Å². The van der Waals surface area contributed by atoms with Gasteiger partial charge in [0.05, 0.1) is 5.69 Å². The second kappa shape index (κ2) is 10.6. The van der Waals surface area contributed by atoms with E-state index in [1.54, 1.807) is 0 Å². The van der Waals surface area contributed by atoms with Crippen LogP contribution < -0.4 is 5.32 Å². The maximum absolute atomic E-state index is 12.5. The fourth-order valence-electron chi connectivity index (χ4n) is 4.52. The zero-order chi connectivity index (χ0) is 21.6. The molecule has 6 nitrogen and oxygen atoms in total. The van der Waals surface area contributed by atoms with Crippen LogP contribution >= 0.6 is 11.6 Å². The molecule has 2 aliphatic rings. The Balaban J connectivity index is 1.20. The largest absolute Gasteiger partial charge is 0.441 e. The van der Waals surface area contributed by atoms with Crippen molar-refractivity contribution in [3.63, 3.8) is 0 Å². The molecular weight excluding hydrogens is 412 g/mol. The van der Waals surface area contributed by atoms with Crippen LogP contribution in [0.1, 0.15) is 43.6 Å². The SMILES string of the molecule is Cc1oc(-c2ccc(Cl)cc2)nc1CN1CCC(C(=O)NCCCN2CCCC2)CC1. The molecule has 0 saturated carbocycles. The van der Waals surface area contributed by atoms with Crippen molar-refractivity contribution in [2.24, 2.45) is 5.92 Å². The van der Waals surface area contributed by atoms with E-state index in [-0.39, 0.29) is 11.8 Å². The van der Waals surface area contributed by atoms with E-state index < -0.39 is 0 Å². The second-order valence-corrected chi connectivity index (χ2v) is 9.21. The number of halogens is 1. The third-order valence-corrected chi connectivity index (χ3v) is 6.72. The summed E-state index contributed by atoms with van der Waals surface area (Å²) < 4.78 is 5.88. The molecule has 0 aliphatic carbocycles. The molecule has 0 radical (unpaired) electrons. The molecule has 3 heterocycles. The summed E-state index contributed by atoms with van der Waals surface area (Å²) in [5.74, 6) is 1.84. The maximum atomic E-state index is 12.5. The highest BCUT2D eigenvalue weighted by Crippen LogP contribution is 2.25. The first-order valence-electron chi connectivity index (χ1n) is 11.5. The Hall–Kier alpha value is -1.89. The molecule has 31 heavy (non-hydrogen) atoms. The van der Waals surface area contributed by atoms with Gasteiger partial charge in [-0.25, -0.2) is 4.98 Å². The Morgan fingerprint density at radius 1 is 1.13 bits per heavy atom. The van der Waals surface area contributed by atoms with Gasteiger partial charge in [0.2, 0.25) is 11.8 Å². The van der Waals surface area contributed by atoms with E-state index in [1.807, 2.05) is 31.2 Å². The number of benzene rings is 1. The minimum atomic E-state index is 0.131. The van der Waals surface area contributed by atoms with E-state index in [9.17, 15) is 4.79 Å². The van der Waals surface area contributed by atoms with Crippen molar-refractivity contribution in [1.29, 1.82) is 0 Å². The highest BCUT2D eigenvalue weighted by molar-refractivity contribution is 6.30. The van der Waals surface area contributed by atoms with Gasteiger partial charge in [-0.2, -0.15) is 0 Å². The summed E-state index contributed by atoms with van der Waals surface area (Å²) in [5, 5.41) is 3.85. The molecule has 168 valence electrons. The van der Waals surface area contributed by atoms with E-state index in [2.05, 4.69) is 15.1 Å². The van der Waals surface area contributed by atoms with Crippen molar-refractivity contribution in [3.05, 3.63) is 40.7 Å². The molecule has 2 saturated heterocycles. The van der Waals surface area contributed by atoms with Crippen molar-refractivity contribution in [2.45, 2.75) is 45.6 Å². The minimum absolute atomic E-state index is 0.131. The molecule has 2 fully saturated rings. The molecular formula is C24H33ClN4O2. The lowest BCUT2D eigenvalue weighted by Crippen LogP contribution is -2.41. The summed E-state index contributed by atoms with van der Waals surface area (Å²) >= 11 is 5.97. The summed E-state index contributed by atoms with van der Waals surface area (Å²) in [4.78, 5) is 22.1. The van der Waals surface area contributed by atoms with Crippen LogP contribution in [0.25, 0.3) is 11.5 Å². The highest BCUT2D eigenvalue weighted by Gasteiger charge is 2.26. The fraction of sp³-hybridized carbons (Fsp3) is 0.583. The smallest absolute Gasteiger partial charge is 0.226 e. The van der Waals surface area contributed by atoms with Crippen LogP contribution in [0.2, 0.25) is 5.02 Å². The van der Waals surface area contributed by atoms with E-state index in [0.29, 0.717) is 10.9 Å². The predicted octanol–water partition coefficient (Wildman–Crippen LogP) is 4.12. The first kappa shape index (κ1) is 22.3. The summed E-state index contributed by atoms with van der Waals surface area (Å²) in [6.45, 7) is 8.88. The summed E-state index contributed by atoms with van der Waals surface area (Å²) in [6, 6.07) is 7.54. The van der Waals surface area contributed by atoms with Gasteiger partial charge in [0.25, 0.3) is 0 Å². The third-order valence-electron chi connectivity index (χ3n) is 6.46. The number of piperidine rings is 1. The molecule has 1 aromatic heterocycles. The molecule has 2 aromatic rings. The lowest BCUT2D eigenvalue weighted by Gasteiger charge is -2.30. The van der Waals surface area contributed by atoms with Crippen LogP contribution in [0.4, 0.5) is 0 Å². The molecule has 4 rings (SSSR count). The number of hydrogen-bond acceptors (Lipinski definition) is 5.